The Labute approximate surface area is 145 Å². The minimum absolute atomic E-state index is 0.121. The van der Waals surface area contributed by atoms with Crippen LogP contribution < -0.4 is 10.1 Å². The Morgan fingerprint density at radius 3 is 2.42 bits per heavy atom. The maximum absolute atomic E-state index is 12.8. The van der Waals surface area contributed by atoms with E-state index < -0.39 is 0 Å². The van der Waals surface area contributed by atoms with Gasteiger partial charge in [0.05, 0.1) is 17.7 Å². The molecule has 1 amide bonds. The van der Waals surface area contributed by atoms with Crippen molar-refractivity contribution in [2.75, 3.05) is 12.4 Å². The first-order valence-electron chi connectivity index (χ1n) is 7.69. The van der Waals surface area contributed by atoms with E-state index in [1.165, 1.54) is 16.9 Å². The summed E-state index contributed by atoms with van der Waals surface area (Å²) in [6, 6.07) is 15.9. The van der Waals surface area contributed by atoms with Gasteiger partial charge in [0, 0.05) is 5.56 Å². The second-order valence-corrected chi connectivity index (χ2v) is 6.60. The van der Waals surface area contributed by atoms with E-state index >= 15 is 0 Å². The van der Waals surface area contributed by atoms with E-state index in [-0.39, 0.29) is 5.91 Å². The predicted octanol–water partition coefficient (Wildman–Crippen LogP) is 5.29. The minimum atomic E-state index is -0.121. The summed E-state index contributed by atoms with van der Waals surface area (Å²) in [5.74, 6) is 0.534. The minimum Gasteiger partial charge on any atom is -0.495 e. The van der Waals surface area contributed by atoms with E-state index in [2.05, 4.69) is 24.4 Å². The lowest BCUT2D eigenvalue weighted by Gasteiger charge is -2.11. The Morgan fingerprint density at radius 1 is 1.00 bits per heavy atom. The van der Waals surface area contributed by atoms with Crippen LogP contribution in [-0.4, -0.2) is 13.0 Å². The summed E-state index contributed by atoms with van der Waals surface area (Å²) in [6.45, 7) is 4.03. The van der Waals surface area contributed by atoms with Crippen LogP contribution in [0.5, 0.6) is 5.75 Å². The molecule has 1 aromatic heterocycles. The van der Waals surface area contributed by atoms with Crippen LogP contribution in [0.2, 0.25) is 0 Å². The lowest BCUT2D eigenvalue weighted by Crippen LogP contribution is -2.12. The Bertz CT molecular complexity index is 866. The molecule has 0 atom stereocenters. The maximum atomic E-state index is 12.8. The molecule has 0 spiro atoms. The van der Waals surface area contributed by atoms with E-state index in [1.807, 2.05) is 48.7 Å². The van der Waals surface area contributed by atoms with Gasteiger partial charge in [0.1, 0.15) is 5.75 Å². The number of methoxy groups -OCH3 is 1. The van der Waals surface area contributed by atoms with Gasteiger partial charge in [-0.25, -0.2) is 0 Å². The molecule has 3 rings (SSSR count). The summed E-state index contributed by atoms with van der Waals surface area (Å²) in [5, 5.41) is 4.91. The number of hydrogen-bond acceptors (Lipinski definition) is 3. The molecule has 0 bridgehead atoms. The van der Waals surface area contributed by atoms with Crippen molar-refractivity contribution < 1.29 is 9.53 Å². The standard InChI is InChI=1S/C20H19NO2S/c1-13-4-7-15(8-5-13)16-10-11-24-19(16)20(22)21-17-12-14(2)6-9-18(17)23-3/h4-12H,1-3H3,(H,21,22). The first kappa shape index (κ1) is 16.3. The Balaban J connectivity index is 1.91. The monoisotopic (exact) mass is 337 g/mol. The summed E-state index contributed by atoms with van der Waals surface area (Å²) >= 11 is 1.44. The zero-order chi connectivity index (χ0) is 17.1. The summed E-state index contributed by atoms with van der Waals surface area (Å²) in [4.78, 5) is 13.5. The molecule has 1 N–H and O–H groups in total. The molecule has 0 saturated carbocycles. The lowest BCUT2D eigenvalue weighted by atomic mass is 10.0. The summed E-state index contributed by atoms with van der Waals surface area (Å²) in [6.07, 6.45) is 0. The third-order valence-corrected chi connectivity index (χ3v) is 4.75. The highest BCUT2D eigenvalue weighted by molar-refractivity contribution is 7.12. The van der Waals surface area contributed by atoms with E-state index in [0.717, 1.165) is 16.7 Å². The summed E-state index contributed by atoms with van der Waals surface area (Å²) in [5.41, 5.74) is 4.94. The number of ether oxygens (including phenoxy) is 1. The van der Waals surface area contributed by atoms with Crippen molar-refractivity contribution in [2.24, 2.45) is 0 Å². The van der Waals surface area contributed by atoms with Crippen LogP contribution in [0.3, 0.4) is 0 Å². The third-order valence-electron chi connectivity index (χ3n) is 3.84. The van der Waals surface area contributed by atoms with Crippen LogP contribution in [0.25, 0.3) is 11.1 Å². The van der Waals surface area contributed by atoms with Crippen LogP contribution in [-0.2, 0) is 0 Å². The number of thiophene rings is 1. The molecule has 122 valence electrons. The van der Waals surface area contributed by atoms with Crippen LogP contribution in [0.4, 0.5) is 5.69 Å². The number of anilines is 1. The van der Waals surface area contributed by atoms with Gasteiger partial charge in [-0.2, -0.15) is 0 Å². The van der Waals surface area contributed by atoms with Gasteiger partial charge < -0.3 is 10.1 Å². The fourth-order valence-electron chi connectivity index (χ4n) is 2.54. The molecule has 0 fully saturated rings. The van der Waals surface area contributed by atoms with Gasteiger partial charge in [-0.3, -0.25) is 4.79 Å². The smallest absolute Gasteiger partial charge is 0.266 e. The highest BCUT2D eigenvalue weighted by atomic mass is 32.1. The molecule has 0 aliphatic rings. The van der Waals surface area contributed by atoms with Gasteiger partial charge in [0.2, 0.25) is 0 Å². The quantitative estimate of drug-likeness (QED) is 0.702. The molecule has 0 aliphatic carbocycles. The average Bonchev–Trinajstić information content (AvgIpc) is 3.05. The van der Waals surface area contributed by atoms with Crippen molar-refractivity contribution >= 4 is 22.9 Å². The number of hydrogen-bond donors (Lipinski definition) is 1. The van der Waals surface area contributed by atoms with Crippen LogP contribution in [0.1, 0.15) is 20.8 Å². The van der Waals surface area contributed by atoms with Gasteiger partial charge in [-0.1, -0.05) is 35.9 Å². The van der Waals surface area contributed by atoms with E-state index in [4.69, 9.17) is 4.74 Å². The van der Waals surface area contributed by atoms with Gasteiger partial charge in [-0.15, -0.1) is 11.3 Å². The van der Waals surface area contributed by atoms with Gasteiger partial charge >= 0.3 is 0 Å². The largest absolute Gasteiger partial charge is 0.495 e. The highest BCUT2D eigenvalue weighted by Gasteiger charge is 2.16. The summed E-state index contributed by atoms with van der Waals surface area (Å²) < 4.78 is 5.34. The number of rotatable bonds is 4. The molecule has 2 aromatic carbocycles. The van der Waals surface area contributed by atoms with E-state index in [9.17, 15) is 4.79 Å². The molecule has 0 unspecified atom stereocenters. The normalized spacial score (nSPS) is 10.5. The highest BCUT2D eigenvalue weighted by Crippen LogP contribution is 2.31. The molecule has 1 heterocycles. The van der Waals surface area contributed by atoms with Crippen molar-refractivity contribution in [3.8, 4) is 16.9 Å². The van der Waals surface area contributed by atoms with Crippen LogP contribution in [0.15, 0.2) is 53.9 Å². The van der Waals surface area contributed by atoms with E-state index in [1.54, 1.807) is 7.11 Å². The maximum Gasteiger partial charge on any atom is 0.266 e. The molecular formula is C20H19NO2S. The number of amides is 1. The number of carbonyl (C=O) groups excluding carboxylic acids is 1. The van der Waals surface area contributed by atoms with Crippen molar-refractivity contribution in [1.29, 1.82) is 0 Å². The third kappa shape index (κ3) is 3.34. The Kier molecular flexibility index (Phi) is 4.67. The van der Waals surface area contributed by atoms with Crippen molar-refractivity contribution in [1.82, 2.24) is 0 Å². The number of benzene rings is 2. The number of nitrogens with one attached hydrogen (secondary N) is 1. The van der Waals surface area contributed by atoms with Gasteiger partial charge in [0.15, 0.2) is 0 Å². The van der Waals surface area contributed by atoms with Gasteiger partial charge in [0.25, 0.3) is 5.91 Å². The van der Waals surface area contributed by atoms with E-state index in [0.29, 0.717) is 16.3 Å². The lowest BCUT2D eigenvalue weighted by molar-refractivity contribution is 0.103. The molecule has 3 nitrogen and oxygen atoms in total. The molecule has 24 heavy (non-hydrogen) atoms. The Morgan fingerprint density at radius 2 is 1.71 bits per heavy atom. The van der Waals surface area contributed by atoms with Crippen molar-refractivity contribution in [3.05, 3.63) is 69.9 Å². The summed E-state index contributed by atoms with van der Waals surface area (Å²) in [7, 11) is 1.60. The topological polar surface area (TPSA) is 38.3 Å². The number of aryl methyl sites for hydroxylation is 2. The fourth-order valence-corrected chi connectivity index (χ4v) is 3.36. The zero-order valence-corrected chi connectivity index (χ0v) is 14.7. The van der Waals surface area contributed by atoms with Crippen LogP contribution in [0, 0.1) is 13.8 Å². The molecule has 4 heteroatoms. The fraction of sp³-hybridized carbons (Fsp3) is 0.150. The second-order valence-electron chi connectivity index (χ2n) is 5.69. The molecule has 0 saturated heterocycles. The molecule has 0 aliphatic heterocycles. The molecule has 3 aromatic rings. The molecule has 0 radical (unpaired) electrons. The zero-order valence-electron chi connectivity index (χ0n) is 13.9. The van der Waals surface area contributed by atoms with Crippen molar-refractivity contribution in [2.45, 2.75) is 13.8 Å². The van der Waals surface area contributed by atoms with Crippen molar-refractivity contribution in [3.63, 3.8) is 0 Å². The van der Waals surface area contributed by atoms with Crippen LogP contribution >= 0.6 is 11.3 Å². The van der Waals surface area contributed by atoms with Gasteiger partial charge in [-0.05, 0) is 48.6 Å². The molecular weight excluding hydrogens is 318 g/mol. The average molecular weight is 337 g/mol. The first-order chi connectivity index (χ1) is 11.6. The SMILES string of the molecule is COc1ccc(C)cc1NC(=O)c1sccc1-c1ccc(C)cc1. The second kappa shape index (κ2) is 6.89. The Hall–Kier alpha value is -2.59. The number of carbonyl (C=O) groups is 1. The first-order valence-corrected chi connectivity index (χ1v) is 8.57. The predicted molar refractivity (Wildman–Crippen MR) is 100 cm³/mol.